The smallest absolute Gasteiger partial charge is 0.316 e. The fraction of sp³-hybridized carbons (Fsp3) is 0.625. The van der Waals surface area contributed by atoms with Gasteiger partial charge in [0, 0.05) is 52.7 Å². The van der Waals surface area contributed by atoms with Gasteiger partial charge >= 0.3 is 6.03 Å². The second-order valence-corrected chi connectivity index (χ2v) is 5.85. The van der Waals surface area contributed by atoms with Crippen LogP contribution >= 0.6 is 0 Å². The van der Waals surface area contributed by atoms with Gasteiger partial charge in [-0.25, -0.2) is 9.78 Å². The van der Waals surface area contributed by atoms with Crippen molar-refractivity contribution in [2.45, 2.75) is 32.9 Å². The Bertz CT molecular complexity index is 520. The molecular formula is C16H27N5O. The van der Waals surface area contributed by atoms with Crippen molar-refractivity contribution in [2.75, 3.05) is 33.7 Å². The van der Waals surface area contributed by atoms with Gasteiger partial charge in [-0.2, -0.15) is 0 Å². The summed E-state index contributed by atoms with van der Waals surface area (Å²) in [6.45, 7) is 6.75. The molecule has 1 aromatic heterocycles. The Balaban J connectivity index is 1.74. The zero-order valence-corrected chi connectivity index (χ0v) is 13.9. The highest BCUT2D eigenvalue weighted by molar-refractivity contribution is 5.73. The number of nitrogens with one attached hydrogen (secondary N) is 1. The van der Waals surface area contributed by atoms with E-state index in [0.717, 1.165) is 44.8 Å². The van der Waals surface area contributed by atoms with Gasteiger partial charge in [-0.05, 0) is 19.8 Å². The van der Waals surface area contributed by atoms with E-state index in [2.05, 4.69) is 32.8 Å². The minimum atomic E-state index is -0.0237. The summed E-state index contributed by atoms with van der Waals surface area (Å²) in [6.07, 6.45) is 8.22. The maximum absolute atomic E-state index is 11.5. The molecule has 0 bridgehead atoms. The van der Waals surface area contributed by atoms with Crippen LogP contribution in [0.4, 0.5) is 4.79 Å². The maximum atomic E-state index is 11.5. The van der Waals surface area contributed by atoms with Crippen molar-refractivity contribution in [3.8, 4) is 0 Å². The topological polar surface area (TPSA) is 53.4 Å². The molecule has 0 fully saturated rings. The first-order valence-electron chi connectivity index (χ1n) is 7.95. The highest BCUT2D eigenvalue weighted by Gasteiger charge is 2.14. The number of carbonyl (C=O) groups is 1. The molecular weight excluding hydrogens is 278 g/mol. The summed E-state index contributed by atoms with van der Waals surface area (Å²) < 4.78 is 2.19. The summed E-state index contributed by atoms with van der Waals surface area (Å²) >= 11 is 0. The third kappa shape index (κ3) is 4.59. The third-order valence-electron chi connectivity index (χ3n) is 4.02. The molecule has 6 nitrogen and oxygen atoms in total. The highest BCUT2D eigenvalue weighted by Crippen LogP contribution is 2.15. The zero-order chi connectivity index (χ0) is 15.9. The van der Waals surface area contributed by atoms with Gasteiger partial charge < -0.3 is 14.8 Å². The third-order valence-corrected chi connectivity index (χ3v) is 4.02. The number of rotatable bonds is 6. The van der Waals surface area contributed by atoms with Gasteiger partial charge in [-0.1, -0.05) is 11.6 Å². The van der Waals surface area contributed by atoms with Crippen molar-refractivity contribution < 1.29 is 4.79 Å². The van der Waals surface area contributed by atoms with E-state index < -0.39 is 0 Å². The zero-order valence-electron chi connectivity index (χ0n) is 13.9. The molecule has 0 unspecified atom stereocenters. The van der Waals surface area contributed by atoms with E-state index in [-0.39, 0.29) is 6.03 Å². The summed E-state index contributed by atoms with van der Waals surface area (Å²) in [6, 6.07) is -0.0237. The lowest BCUT2D eigenvalue weighted by molar-refractivity contribution is 0.217. The van der Waals surface area contributed by atoms with Crippen LogP contribution in [0.3, 0.4) is 0 Å². The summed E-state index contributed by atoms with van der Waals surface area (Å²) in [5.74, 6) is 1.14. The van der Waals surface area contributed by atoms with Crippen LogP contribution in [0.5, 0.6) is 0 Å². The summed E-state index contributed by atoms with van der Waals surface area (Å²) in [5.41, 5.74) is 1.44. The van der Waals surface area contributed by atoms with Crippen molar-refractivity contribution in [1.82, 2.24) is 24.7 Å². The number of aryl methyl sites for hydroxylation is 1. The Morgan fingerprint density at radius 3 is 2.91 bits per heavy atom. The number of carbonyl (C=O) groups excluding carboxylic acids is 1. The largest absolute Gasteiger partial charge is 0.338 e. The lowest BCUT2D eigenvalue weighted by Gasteiger charge is -2.26. The number of aromatic nitrogens is 2. The lowest BCUT2D eigenvalue weighted by atomic mass is 10.0. The summed E-state index contributed by atoms with van der Waals surface area (Å²) in [4.78, 5) is 19.9. The van der Waals surface area contributed by atoms with E-state index >= 15 is 0 Å². The van der Waals surface area contributed by atoms with Gasteiger partial charge in [0.15, 0.2) is 0 Å². The molecule has 6 heteroatoms. The number of hydrogen-bond acceptors (Lipinski definition) is 3. The molecule has 2 amide bonds. The Morgan fingerprint density at radius 2 is 2.27 bits per heavy atom. The molecule has 0 aromatic carbocycles. The monoisotopic (exact) mass is 305 g/mol. The fourth-order valence-electron chi connectivity index (χ4n) is 2.59. The van der Waals surface area contributed by atoms with Gasteiger partial charge in [0.1, 0.15) is 5.82 Å². The molecule has 1 aliphatic rings. The average Bonchev–Trinajstić information content (AvgIpc) is 2.96. The second-order valence-electron chi connectivity index (χ2n) is 5.85. The van der Waals surface area contributed by atoms with Gasteiger partial charge in [-0.15, -0.1) is 0 Å². The van der Waals surface area contributed by atoms with E-state index in [1.54, 1.807) is 19.0 Å². The molecule has 0 spiro atoms. The van der Waals surface area contributed by atoms with Crippen molar-refractivity contribution in [1.29, 1.82) is 0 Å². The predicted molar refractivity (Wildman–Crippen MR) is 87.6 cm³/mol. The molecule has 0 aliphatic carbocycles. The van der Waals surface area contributed by atoms with Crippen LogP contribution in [0.15, 0.2) is 24.0 Å². The molecule has 22 heavy (non-hydrogen) atoms. The van der Waals surface area contributed by atoms with Crippen LogP contribution < -0.4 is 5.32 Å². The second kappa shape index (κ2) is 7.98. The van der Waals surface area contributed by atoms with Crippen molar-refractivity contribution in [3.05, 3.63) is 29.9 Å². The van der Waals surface area contributed by atoms with E-state index in [1.807, 2.05) is 12.4 Å². The molecule has 0 atom stereocenters. The van der Waals surface area contributed by atoms with Crippen molar-refractivity contribution >= 4 is 6.03 Å². The van der Waals surface area contributed by atoms with Gasteiger partial charge in [0.05, 0.1) is 6.54 Å². The van der Waals surface area contributed by atoms with Crippen LogP contribution in [-0.2, 0) is 13.1 Å². The molecule has 1 aliphatic heterocycles. The van der Waals surface area contributed by atoms with E-state index in [4.69, 9.17) is 0 Å². The Kier molecular flexibility index (Phi) is 6.00. The summed E-state index contributed by atoms with van der Waals surface area (Å²) in [5, 5.41) is 2.91. The number of amides is 2. The Labute approximate surface area is 132 Å². The Morgan fingerprint density at radius 1 is 1.45 bits per heavy atom. The quantitative estimate of drug-likeness (QED) is 0.814. The van der Waals surface area contributed by atoms with Gasteiger partial charge in [-0.3, -0.25) is 4.90 Å². The lowest BCUT2D eigenvalue weighted by Crippen LogP contribution is -2.35. The Hall–Kier alpha value is -1.82. The minimum Gasteiger partial charge on any atom is -0.338 e. The predicted octanol–water partition coefficient (Wildman–Crippen LogP) is 1.70. The number of hydrogen-bond donors (Lipinski definition) is 1. The van der Waals surface area contributed by atoms with Gasteiger partial charge in [0.2, 0.25) is 0 Å². The van der Waals surface area contributed by atoms with Crippen LogP contribution in [0, 0.1) is 0 Å². The van der Waals surface area contributed by atoms with Crippen LogP contribution in [0.2, 0.25) is 0 Å². The molecule has 2 rings (SSSR count). The van der Waals surface area contributed by atoms with E-state index in [1.165, 1.54) is 5.57 Å². The fourth-order valence-corrected chi connectivity index (χ4v) is 2.59. The molecule has 0 saturated carbocycles. The van der Waals surface area contributed by atoms with Crippen LogP contribution in [-0.4, -0.2) is 59.1 Å². The molecule has 1 N–H and O–H groups in total. The summed E-state index contributed by atoms with van der Waals surface area (Å²) in [7, 11) is 3.51. The molecule has 2 heterocycles. The van der Waals surface area contributed by atoms with Gasteiger partial charge in [0.25, 0.3) is 0 Å². The first-order chi connectivity index (χ1) is 10.6. The standard InChI is InChI=1S/C16H27N5O/c1-4-21-12-9-17-15(21)13-20-10-6-14(7-11-20)5-8-18-16(22)19(2)3/h6,9,12H,4-5,7-8,10-11,13H2,1-3H3,(H,18,22). The average molecular weight is 305 g/mol. The number of urea groups is 1. The minimum absolute atomic E-state index is 0.0237. The van der Waals surface area contributed by atoms with Crippen LogP contribution in [0.1, 0.15) is 25.6 Å². The number of imidazole rings is 1. The number of nitrogens with zero attached hydrogens (tertiary/aromatic N) is 4. The highest BCUT2D eigenvalue weighted by atomic mass is 16.2. The molecule has 122 valence electrons. The molecule has 0 radical (unpaired) electrons. The SMILES string of the molecule is CCn1ccnc1CN1CC=C(CCNC(=O)N(C)C)CC1. The first kappa shape index (κ1) is 16.5. The van der Waals surface area contributed by atoms with Crippen molar-refractivity contribution in [3.63, 3.8) is 0 Å². The molecule has 1 aromatic rings. The molecule has 0 saturated heterocycles. The normalized spacial score (nSPS) is 15.5. The maximum Gasteiger partial charge on any atom is 0.316 e. The van der Waals surface area contributed by atoms with E-state index in [9.17, 15) is 4.79 Å². The van der Waals surface area contributed by atoms with Crippen LogP contribution in [0.25, 0.3) is 0 Å². The van der Waals surface area contributed by atoms with Crippen molar-refractivity contribution in [2.24, 2.45) is 0 Å². The van der Waals surface area contributed by atoms with E-state index in [0.29, 0.717) is 6.54 Å². The first-order valence-corrected chi connectivity index (χ1v) is 7.95.